The van der Waals surface area contributed by atoms with Crippen LogP contribution in [0.2, 0.25) is 5.02 Å². The fraction of sp³-hybridized carbons (Fsp3) is 0.368. The summed E-state index contributed by atoms with van der Waals surface area (Å²) in [7, 11) is 5.73. The number of carbonyl (C=O) groups excluding carboxylic acids is 1. The van der Waals surface area contributed by atoms with Gasteiger partial charge in [0.15, 0.2) is 12.6 Å². The number of nitrogens with one attached hydrogen (secondary N) is 1. The number of benzene rings is 1. The average molecular weight is 392 g/mol. The van der Waals surface area contributed by atoms with Gasteiger partial charge in [-0.25, -0.2) is 0 Å². The van der Waals surface area contributed by atoms with Crippen LogP contribution >= 0.6 is 11.6 Å². The van der Waals surface area contributed by atoms with Gasteiger partial charge in [0, 0.05) is 39.6 Å². The number of guanidine groups is 1. The van der Waals surface area contributed by atoms with Crippen molar-refractivity contribution in [2.24, 2.45) is 17.8 Å². The Hall–Kier alpha value is -2.67. The van der Waals surface area contributed by atoms with Crippen LogP contribution in [0.3, 0.4) is 0 Å². The Morgan fingerprint density at radius 1 is 1.37 bits per heavy atom. The van der Waals surface area contributed by atoms with E-state index in [2.05, 4.69) is 10.3 Å². The van der Waals surface area contributed by atoms with E-state index in [-0.39, 0.29) is 6.61 Å². The third-order valence-electron chi connectivity index (χ3n) is 4.05. The quantitative estimate of drug-likeness (QED) is 0.530. The summed E-state index contributed by atoms with van der Waals surface area (Å²) in [5.74, 6) is 0.951. The SMILES string of the molecule is CN=C(NCCc1ccc(OCC(N)=O)cc1)N(C)Cc1cc(Cl)cn1C. The van der Waals surface area contributed by atoms with Crippen molar-refractivity contribution in [2.75, 3.05) is 27.2 Å². The maximum Gasteiger partial charge on any atom is 0.255 e. The number of nitrogens with two attached hydrogens (primary N) is 1. The highest BCUT2D eigenvalue weighted by atomic mass is 35.5. The molecule has 1 aromatic heterocycles. The highest BCUT2D eigenvalue weighted by Gasteiger charge is 2.09. The number of carbonyl (C=O) groups is 1. The third kappa shape index (κ3) is 6.53. The first-order valence-corrected chi connectivity index (χ1v) is 8.99. The van der Waals surface area contributed by atoms with Gasteiger partial charge in [-0.2, -0.15) is 0 Å². The minimum atomic E-state index is -0.489. The van der Waals surface area contributed by atoms with E-state index < -0.39 is 5.91 Å². The van der Waals surface area contributed by atoms with E-state index >= 15 is 0 Å². The van der Waals surface area contributed by atoms with Crippen LogP contribution in [0.4, 0.5) is 0 Å². The van der Waals surface area contributed by atoms with Crippen molar-refractivity contribution in [2.45, 2.75) is 13.0 Å². The number of nitrogens with zero attached hydrogens (tertiary/aromatic N) is 3. The van der Waals surface area contributed by atoms with Gasteiger partial charge in [0.2, 0.25) is 0 Å². The molecule has 0 spiro atoms. The molecule has 2 aromatic rings. The van der Waals surface area contributed by atoms with Gasteiger partial charge in [-0.05, 0) is 30.2 Å². The van der Waals surface area contributed by atoms with Crippen molar-refractivity contribution in [1.29, 1.82) is 0 Å². The fourth-order valence-corrected chi connectivity index (χ4v) is 2.92. The predicted octanol–water partition coefficient (Wildman–Crippen LogP) is 1.79. The minimum absolute atomic E-state index is 0.115. The Labute approximate surface area is 164 Å². The molecule has 146 valence electrons. The second-order valence-corrected chi connectivity index (χ2v) is 6.68. The molecule has 7 nitrogen and oxygen atoms in total. The number of hydrogen-bond donors (Lipinski definition) is 2. The van der Waals surface area contributed by atoms with Gasteiger partial charge < -0.3 is 25.3 Å². The molecular formula is C19H26ClN5O2. The molecule has 0 fully saturated rings. The predicted molar refractivity (Wildman–Crippen MR) is 108 cm³/mol. The first kappa shape index (κ1) is 20.6. The third-order valence-corrected chi connectivity index (χ3v) is 4.25. The van der Waals surface area contributed by atoms with E-state index in [1.54, 1.807) is 7.05 Å². The summed E-state index contributed by atoms with van der Waals surface area (Å²) in [6.07, 6.45) is 2.72. The largest absolute Gasteiger partial charge is 0.484 e. The molecule has 8 heteroatoms. The lowest BCUT2D eigenvalue weighted by Gasteiger charge is -2.22. The highest BCUT2D eigenvalue weighted by Crippen LogP contribution is 2.14. The number of aromatic nitrogens is 1. The number of aryl methyl sites for hydroxylation is 1. The molecule has 0 saturated carbocycles. The molecular weight excluding hydrogens is 366 g/mol. The van der Waals surface area contributed by atoms with Crippen molar-refractivity contribution < 1.29 is 9.53 Å². The van der Waals surface area contributed by atoms with Crippen molar-refractivity contribution in [1.82, 2.24) is 14.8 Å². The minimum Gasteiger partial charge on any atom is -0.484 e. The van der Waals surface area contributed by atoms with Crippen LogP contribution in [0.15, 0.2) is 41.5 Å². The number of aliphatic imine (C=N–C) groups is 1. The topological polar surface area (TPSA) is 84.9 Å². The summed E-state index contributed by atoms with van der Waals surface area (Å²) in [4.78, 5) is 17.1. The van der Waals surface area contributed by atoms with E-state index in [1.165, 1.54) is 0 Å². The first-order chi connectivity index (χ1) is 12.9. The van der Waals surface area contributed by atoms with Gasteiger partial charge in [-0.3, -0.25) is 9.79 Å². The molecule has 0 aliphatic carbocycles. The van der Waals surface area contributed by atoms with Gasteiger partial charge in [0.1, 0.15) is 5.75 Å². The molecule has 27 heavy (non-hydrogen) atoms. The summed E-state index contributed by atoms with van der Waals surface area (Å²) < 4.78 is 7.26. The van der Waals surface area contributed by atoms with Gasteiger partial charge in [-0.15, -0.1) is 0 Å². The first-order valence-electron chi connectivity index (χ1n) is 8.61. The van der Waals surface area contributed by atoms with E-state index in [0.29, 0.717) is 12.3 Å². The molecule has 1 amide bonds. The lowest BCUT2D eigenvalue weighted by molar-refractivity contribution is -0.119. The normalized spacial score (nSPS) is 11.3. The van der Waals surface area contributed by atoms with Gasteiger partial charge >= 0.3 is 0 Å². The zero-order chi connectivity index (χ0) is 19.8. The maximum atomic E-state index is 10.7. The number of amides is 1. The van der Waals surface area contributed by atoms with Crippen molar-refractivity contribution >= 4 is 23.5 Å². The standard InChI is InChI=1S/C19H26ClN5O2/c1-22-19(25(3)12-16-10-15(20)11-24(16)2)23-9-8-14-4-6-17(7-5-14)27-13-18(21)26/h4-7,10-11H,8-9,12-13H2,1-3H3,(H2,21,26)(H,22,23). The van der Waals surface area contributed by atoms with E-state index in [0.717, 1.165) is 35.2 Å². The molecule has 0 aliphatic heterocycles. The maximum absolute atomic E-state index is 10.7. The van der Waals surface area contributed by atoms with Crippen LogP contribution in [0.5, 0.6) is 5.75 Å². The van der Waals surface area contributed by atoms with E-state index in [9.17, 15) is 4.79 Å². The lowest BCUT2D eigenvalue weighted by atomic mass is 10.1. The summed E-state index contributed by atoms with van der Waals surface area (Å²) in [6.45, 7) is 1.33. The second kappa shape index (κ2) is 9.87. The van der Waals surface area contributed by atoms with E-state index in [4.69, 9.17) is 22.1 Å². The Balaban J connectivity index is 1.81. The smallest absolute Gasteiger partial charge is 0.255 e. The zero-order valence-electron chi connectivity index (χ0n) is 15.9. The number of rotatable bonds is 8. The molecule has 0 saturated heterocycles. The van der Waals surface area contributed by atoms with Crippen molar-refractivity contribution in [3.63, 3.8) is 0 Å². The Morgan fingerprint density at radius 3 is 2.63 bits per heavy atom. The molecule has 1 aromatic carbocycles. The summed E-state index contributed by atoms with van der Waals surface area (Å²) in [5.41, 5.74) is 7.33. The number of halogens is 1. The molecule has 1 heterocycles. The van der Waals surface area contributed by atoms with Crippen LogP contribution in [-0.4, -0.2) is 48.6 Å². The number of hydrogen-bond acceptors (Lipinski definition) is 3. The van der Waals surface area contributed by atoms with Crippen molar-refractivity contribution in [3.05, 3.63) is 52.8 Å². The number of ether oxygens (including phenoxy) is 1. The monoisotopic (exact) mass is 391 g/mol. The van der Waals surface area contributed by atoms with Crippen LogP contribution in [-0.2, 0) is 24.8 Å². The van der Waals surface area contributed by atoms with E-state index in [1.807, 2.05) is 60.1 Å². The zero-order valence-corrected chi connectivity index (χ0v) is 16.7. The van der Waals surface area contributed by atoms with Crippen LogP contribution in [0.25, 0.3) is 0 Å². The van der Waals surface area contributed by atoms with Gasteiger partial charge in [-0.1, -0.05) is 23.7 Å². The molecule has 0 unspecified atom stereocenters. The fourth-order valence-electron chi connectivity index (χ4n) is 2.65. The van der Waals surface area contributed by atoms with Crippen LogP contribution in [0, 0.1) is 0 Å². The Kier molecular flexibility index (Phi) is 7.55. The van der Waals surface area contributed by atoms with Crippen LogP contribution < -0.4 is 15.8 Å². The Morgan fingerprint density at radius 2 is 2.07 bits per heavy atom. The Bertz CT molecular complexity index is 786. The summed E-state index contributed by atoms with van der Waals surface area (Å²) >= 11 is 6.04. The molecule has 0 aliphatic rings. The second-order valence-electron chi connectivity index (χ2n) is 6.24. The number of primary amides is 1. The molecule has 3 N–H and O–H groups in total. The molecule has 0 bridgehead atoms. The lowest BCUT2D eigenvalue weighted by Crippen LogP contribution is -2.39. The molecule has 0 radical (unpaired) electrons. The van der Waals surface area contributed by atoms with Crippen LogP contribution in [0.1, 0.15) is 11.3 Å². The van der Waals surface area contributed by atoms with Gasteiger partial charge in [0.05, 0.1) is 11.6 Å². The highest BCUT2D eigenvalue weighted by molar-refractivity contribution is 6.30. The molecule has 2 rings (SSSR count). The summed E-state index contributed by atoms with van der Waals surface area (Å²) in [5, 5.41) is 4.09. The summed E-state index contributed by atoms with van der Waals surface area (Å²) in [6, 6.07) is 9.55. The average Bonchev–Trinajstić information content (AvgIpc) is 2.94. The van der Waals surface area contributed by atoms with Gasteiger partial charge in [0.25, 0.3) is 5.91 Å². The molecule has 0 atom stereocenters. The van der Waals surface area contributed by atoms with Crippen molar-refractivity contribution in [3.8, 4) is 5.75 Å².